The number of hydrogen-bond donors (Lipinski definition) is 1. The molecule has 0 amide bonds. The molecular formula is C22H19NO6S3. The average Bonchev–Trinajstić information content (AvgIpc) is 3.31. The van der Waals surface area contributed by atoms with Gasteiger partial charge in [-0.1, -0.05) is 60.4 Å². The van der Waals surface area contributed by atoms with Crippen LogP contribution in [0.2, 0.25) is 0 Å². The molecule has 166 valence electrons. The maximum absolute atomic E-state index is 12.8. The van der Waals surface area contributed by atoms with E-state index < -0.39 is 31.9 Å². The Hall–Kier alpha value is -2.97. The van der Waals surface area contributed by atoms with Gasteiger partial charge < -0.3 is 4.74 Å². The molecule has 0 radical (unpaired) electrons. The Bertz CT molecular complexity index is 1350. The number of ether oxygens (including phenoxy) is 1. The fraction of sp³-hybridized carbons (Fsp3) is 0.136. The van der Waals surface area contributed by atoms with Gasteiger partial charge in [-0.15, -0.1) is 11.3 Å². The van der Waals surface area contributed by atoms with Gasteiger partial charge in [0.15, 0.2) is 6.04 Å². The zero-order valence-electron chi connectivity index (χ0n) is 16.9. The van der Waals surface area contributed by atoms with Gasteiger partial charge in [0.1, 0.15) is 4.21 Å². The van der Waals surface area contributed by atoms with E-state index in [1.807, 2.05) is 30.3 Å². The summed E-state index contributed by atoms with van der Waals surface area (Å²) in [6.07, 6.45) is 0.314. The highest BCUT2D eigenvalue weighted by Gasteiger charge is 2.28. The largest absolute Gasteiger partial charge is 0.467 e. The first kappa shape index (κ1) is 23.7. The van der Waals surface area contributed by atoms with Crippen LogP contribution in [0.3, 0.4) is 0 Å². The third-order valence-corrected chi connectivity index (χ3v) is 9.03. The van der Waals surface area contributed by atoms with Crippen LogP contribution in [0.4, 0.5) is 0 Å². The standard InChI is InChI=1S/C22H19NO6S3/c1-29-22(24)20(14-8-11-17-9-4-2-5-10-17)23-32(27,28)21-15-19(16-30-21)31(25,26)18-12-6-3-7-13-18/h2-7,9-10,12-13,15-16,20,23H,11H2,1H3. The smallest absolute Gasteiger partial charge is 0.336 e. The normalized spacial score (nSPS) is 12.4. The third-order valence-electron chi connectivity index (χ3n) is 4.27. The van der Waals surface area contributed by atoms with E-state index in [-0.39, 0.29) is 14.0 Å². The topological polar surface area (TPSA) is 107 Å². The molecule has 3 aromatic rings. The minimum Gasteiger partial charge on any atom is -0.467 e. The molecule has 32 heavy (non-hydrogen) atoms. The summed E-state index contributed by atoms with van der Waals surface area (Å²) in [7, 11) is -6.98. The lowest BCUT2D eigenvalue weighted by Gasteiger charge is -2.10. The second-order valence-electron chi connectivity index (χ2n) is 6.48. The van der Waals surface area contributed by atoms with Crippen molar-refractivity contribution in [3.8, 4) is 11.8 Å². The molecule has 3 rings (SSSR count). The molecule has 1 aromatic heterocycles. The number of benzene rings is 2. The summed E-state index contributed by atoms with van der Waals surface area (Å²) in [4.78, 5) is 12.0. The number of esters is 1. The first-order chi connectivity index (χ1) is 15.2. The predicted octanol–water partition coefficient (Wildman–Crippen LogP) is 2.65. The van der Waals surface area contributed by atoms with Crippen LogP contribution in [0.1, 0.15) is 5.56 Å². The van der Waals surface area contributed by atoms with Gasteiger partial charge >= 0.3 is 5.97 Å². The fourth-order valence-electron chi connectivity index (χ4n) is 2.64. The summed E-state index contributed by atoms with van der Waals surface area (Å²) in [5.41, 5.74) is 0.903. The Labute approximate surface area is 191 Å². The van der Waals surface area contributed by atoms with Crippen LogP contribution in [0.25, 0.3) is 0 Å². The molecule has 2 aromatic carbocycles. The first-order valence-electron chi connectivity index (χ1n) is 9.25. The van der Waals surface area contributed by atoms with Crippen molar-refractivity contribution in [2.24, 2.45) is 0 Å². The van der Waals surface area contributed by atoms with Gasteiger partial charge in [-0.05, 0) is 23.8 Å². The monoisotopic (exact) mass is 489 g/mol. The number of methoxy groups -OCH3 is 1. The summed E-state index contributed by atoms with van der Waals surface area (Å²) >= 11 is 0.730. The van der Waals surface area contributed by atoms with Crippen LogP contribution >= 0.6 is 11.3 Å². The van der Waals surface area contributed by atoms with E-state index in [2.05, 4.69) is 21.3 Å². The van der Waals surface area contributed by atoms with E-state index >= 15 is 0 Å². The molecule has 1 atom stereocenters. The molecule has 0 saturated carbocycles. The Morgan fingerprint density at radius 1 is 1.00 bits per heavy atom. The summed E-state index contributed by atoms with van der Waals surface area (Å²) in [5, 5.41) is 1.24. The highest BCUT2D eigenvalue weighted by molar-refractivity contribution is 7.93. The lowest BCUT2D eigenvalue weighted by Crippen LogP contribution is -2.40. The van der Waals surface area contributed by atoms with Crippen molar-refractivity contribution in [3.63, 3.8) is 0 Å². The molecule has 1 unspecified atom stereocenters. The number of nitrogens with one attached hydrogen (secondary N) is 1. The molecule has 0 aliphatic rings. The molecule has 0 spiro atoms. The highest BCUT2D eigenvalue weighted by Crippen LogP contribution is 2.28. The van der Waals surface area contributed by atoms with Crippen molar-refractivity contribution in [2.75, 3.05) is 7.11 Å². The minimum atomic E-state index is -4.23. The van der Waals surface area contributed by atoms with E-state index in [1.54, 1.807) is 18.2 Å². The summed E-state index contributed by atoms with van der Waals surface area (Å²) in [6, 6.07) is 16.5. The van der Waals surface area contributed by atoms with Crippen molar-refractivity contribution in [1.82, 2.24) is 4.72 Å². The number of sulfonamides is 1. The van der Waals surface area contributed by atoms with E-state index in [0.717, 1.165) is 30.1 Å². The number of carbonyl (C=O) groups is 1. The molecule has 1 heterocycles. The number of sulfone groups is 1. The van der Waals surface area contributed by atoms with E-state index in [4.69, 9.17) is 0 Å². The number of carbonyl (C=O) groups excluding carboxylic acids is 1. The van der Waals surface area contributed by atoms with E-state index in [0.29, 0.717) is 6.42 Å². The quantitative estimate of drug-likeness (QED) is 0.404. The van der Waals surface area contributed by atoms with Crippen LogP contribution in [0.15, 0.2) is 86.1 Å². The number of rotatable bonds is 7. The van der Waals surface area contributed by atoms with Crippen molar-refractivity contribution in [1.29, 1.82) is 0 Å². The van der Waals surface area contributed by atoms with Crippen LogP contribution < -0.4 is 4.72 Å². The number of thiophene rings is 1. The van der Waals surface area contributed by atoms with Crippen molar-refractivity contribution in [3.05, 3.63) is 77.7 Å². The zero-order chi connectivity index (χ0) is 23.2. The lowest BCUT2D eigenvalue weighted by molar-refractivity contribution is -0.141. The zero-order valence-corrected chi connectivity index (χ0v) is 19.3. The summed E-state index contributed by atoms with van der Waals surface area (Å²) < 4.78 is 57.6. The maximum Gasteiger partial charge on any atom is 0.336 e. The molecule has 7 nitrogen and oxygen atoms in total. The maximum atomic E-state index is 12.8. The Morgan fingerprint density at radius 2 is 1.62 bits per heavy atom. The molecule has 1 N–H and O–H groups in total. The van der Waals surface area contributed by atoms with Crippen LogP contribution in [-0.4, -0.2) is 36.0 Å². The van der Waals surface area contributed by atoms with Crippen LogP contribution in [-0.2, 0) is 35.8 Å². The van der Waals surface area contributed by atoms with Gasteiger partial charge in [-0.2, -0.15) is 4.72 Å². The van der Waals surface area contributed by atoms with Crippen molar-refractivity contribution >= 4 is 37.2 Å². The van der Waals surface area contributed by atoms with E-state index in [9.17, 15) is 21.6 Å². The van der Waals surface area contributed by atoms with Crippen molar-refractivity contribution in [2.45, 2.75) is 26.5 Å². The van der Waals surface area contributed by atoms with Gasteiger partial charge in [0.05, 0.1) is 16.9 Å². The first-order valence-corrected chi connectivity index (χ1v) is 13.1. The van der Waals surface area contributed by atoms with E-state index in [1.165, 1.54) is 17.5 Å². The van der Waals surface area contributed by atoms with Crippen LogP contribution in [0, 0.1) is 11.8 Å². The second-order valence-corrected chi connectivity index (χ2v) is 11.3. The lowest BCUT2D eigenvalue weighted by atomic mass is 10.1. The average molecular weight is 490 g/mol. The Balaban J connectivity index is 1.83. The fourth-order valence-corrected chi connectivity index (χ4v) is 6.65. The molecular weight excluding hydrogens is 470 g/mol. The molecule has 0 aliphatic heterocycles. The third kappa shape index (κ3) is 5.63. The highest BCUT2D eigenvalue weighted by atomic mass is 32.2. The van der Waals surface area contributed by atoms with Gasteiger partial charge in [0.25, 0.3) is 10.0 Å². The molecule has 0 bridgehead atoms. The molecule has 0 saturated heterocycles. The van der Waals surface area contributed by atoms with Gasteiger partial charge in [-0.25, -0.2) is 21.6 Å². The molecule has 0 aliphatic carbocycles. The van der Waals surface area contributed by atoms with Gasteiger partial charge in [-0.3, -0.25) is 0 Å². The SMILES string of the molecule is COC(=O)C(C#CCc1ccccc1)NS(=O)(=O)c1cc(S(=O)(=O)c2ccccc2)cs1. The molecule has 10 heteroatoms. The van der Waals surface area contributed by atoms with Crippen LogP contribution in [0.5, 0.6) is 0 Å². The van der Waals surface area contributed by atoms with Gasteiger partial charge in [0.2, 0.25) is 9.84 Å². The van der Waals surface area contributed by atoms with Crippen molar-refractivity contribution < 1.29 is 26.4 Å². The molecule has 0 fully saturated rings. The minimum absolute atomic E-state index is 0.0499. The predicted molar refractivity (Wildman–Crippen MR) is 120 cm³/mol. The summed E-state index contributed by atoms with van der Waals surface area (Å²) in [6.45, 7) is 0. The second kappa shape index (κ2) is 10.1. The summed E-state index contributed by atoms with van der Waals surface area (Å²) in [5.74, 6) is 4.48. The Kier molecular flexibility index (Phi) is 7.48. The Morgan fingerprint density at radius 3 is 2.25 bits per heavy atom. The van der Waals surface area contributed by atoms with Gasteiger partial charge in [0, 0.05) is 11.8 Å². The number of hydrogen-bond acceptors (Lipinski definition) is 7.